The maximum atomic E-state index is 5.41. The van der Waals surface area contributed by atoms with Crippen molar-refractivity contribution in [3.63, 3.8) is 0 Å². The van der Waals surface area contributed by atoms with E-state index in [-0.39, 0.29) is 0 Å². The molecule has 3 aromatic heterocycles. The minimum atomic E-state index is 0.924. The molecule has 3 aliphatic rings. The quantitative estimate of drug-likeness (QED) is 0.206. The minimum absolute atomic E-state index is 0.924. The lowest BCUT2D eigenvalue weighted by molar-refractivity contribution is 0.578. The molecule has 3 aliphatic heterocycles. The molecule has 2 N–H and O–H groups in total. The van der Waals surface area contributed by atoms with Crippen molar-refractivity contribution in [2.75, 3.05) is 18.0 Å². The van der Waals surface area contributed by atoms with Crippen LogP contribution >= 0.6 is 0 Å². The van der Waals surface area contributed by atoms with Gasteiger partial charge in [0.1, 0.15) is 0 Å². The Hall–Kier alpha value is -5.94. The number of fused-ring (bicyclic) bond motifs is 8. The van der Waals surface area contributed by atoms with Gasteiger partial charge in [-0.3, -0.25) is 0 Å². The molecule has 6 aromatic rings. The van der Waals surface area contributed by atoms with Gasteiger partial charge in [-0.05, 0) is 84.5 Å². The number of hydrogen-bond donors (Lipinski definition) is 2. The van der Waals surface area contributed by atoms with Crippen LogP contribution in [-0.2, 0) is 0 Å². The number of benzene rings is 3. The Labute approximate surface area is 280 Å². The van der Waals surface area contributed by atoms with Crippen LogP contribution in [0.15, 0.2) is 115 Å². The number of piperidine rings is 1. The molecule has 0 spiro atoms. The Balaban J connectivity index is 1.46. The van der Waals surface area contributed by atoms with Gasteiger partial charge in [-0.1, -0.05) is 91.0 Å². The molecule has 0 amide bonds. The summed E-state index contributed by atoms with van der Waals surface area (Å²) in [4.78, 5) is 21.0. The van der Waals surface area contributed by atoms with Crippen molar-refractivity contribution < 1.29 is 0 Å². The number of nitrogens with one attached hydrogen (secondary N) is 2. The van der Waals surface area contributed by atoms with Gasteiger partial charge in [0.25, 0.3) is 0 Å². The molecule has 1 saturated heterocycles. The topological polar surface area (TPSA) is 60.6 Å². The van der Waals surface area contributed by atoms with Crippen molar-refractivity contribution in [3.05, 3.63) is 138 Å². The van der Waals surface area contributed by atoms with Crippen molar-refractivity contribution in [3.8, 4) is 33.4 Å². The third-order valence-corrected chi connectivity index (χ3v) is 9.59. The van der Waals surface area contributed by atoms with E-state index in [0.29, 0.717) is 0 Å². The number of anilines is 1. The molecule has 5 heteroatoms. The maximum Gasteiger partial charge on any atom is 0.0892 e. The summed E-state index contributed by atoms with van der Waals surface area (Å²) in [5.74, 6) is 0. The monoisotopic (exact) mass is 621 g/mol. The lowest BCUT2D eigenvalue weighted by atomic mass is 10.0. The highest BCUT2D eigenvalue weighted by Crippen LogP contribution is 2.38. The second kappa shape index (κ2) is 12.0. The second-order valence-electron chi connectivity index (χ2n) is 12.6. The standard InChI is InChI=1S/C43H35N5/c1-5-13-29(14-6-1)40-32-19-21-34(44-32)41(30-15-7-2-8-16-30)36-23-25-38(46-36)43(48-27-11-4-12-28-48)39-26-24-37(47-39)42(31-17-9-3-10-18-31)35-22-20-33(40)45-35/h1-3,5-10,13-26,44,47H,4,11-12,27-28H2. The summed E-state index contributed by atoms with van der Waals surface area (Å²) in [5.41, 5.74) is 15.6. The fourth-order valence-corrected chi connectivity index (χ4v) is 7.37. The highest BCUT2D eigenvalue weighted by molar-refractivity contribution is 5.99. The van der Waals surface area contributed by atoms with Crippen molar-refractivity contribution in [2.45, 2.75) is 19.3 Å². The Morgan fingerprint density at radius 1 is 0.396 bits per heavy atom. The van der Waals surface area contributed by atoms with Crippen LogP contribution in [0.4, 0.5) is 5.69 Å². The number of nitrogens with zero attached hydrogens (tertiary/aromatic N) is 3. The van der Waals surface area contributed by atoms with Crippen molar-refractivity contribution >= 4 is 52.1 Å². The van der Waals surface area contributed by atoms with Crippen molar-refractivity contribution in [1.82, 2.24) is 19.9 Å². The molecular weight excluding hydrogens is 587 g/mol. The van der Waals surface area contributed by atoms with Gasteiger partial charge in [0.2, 0.25) is 0 Å². The molecule has 0 atom stereocenters. The van der Waals surface area contributed by atoms with Gasteiger partial charge in [0.05, 0.1) is 34.0 Å². The highest BCUT2D eigenvalue weighted by Gasteiger charge is 2.21. The molecule has 0 aliphatic carbocycles. The predicted molar refractivity (Wildman–Crippen MR) is 201 cm³/mol. The number of hydrogen-bond acceptors (Lipinski definition) is 3. The fourth-order valence-electron chi connectivity index (χ4n) is 7.37. The molecule has 232 valence electrons. The van der Waals surface area contributed by atoms with E-state index in [2.05, 4.69) is 154 Å². The minimum Gasteiger partial charge on any atom is -0.368 e. The first-order valence-electron chi connectivity index (χ1n) is 16.9. The van der Waals surface area contributed by atoms with E-state index < -0.39 is 0 Å². The maximum absolute atomic E-state index is 5.41. The third kappa shape index (κ3) is 5.05. The molecule has 0 saturated carbocycles. The van der Waals surface area contributed by atoms with E-state index in [9.17, 15) is 0 Å². The van der Waals surface area contributed by atoms with E-state index in [1.165, 1.54) is 19.3 Å². The van der Waals surface area contributed by atoms with E-state index in [4.69, 9.17) is 9.97 Å². The Morgan fingerprint density at radius 3 is 1.23 bits per heavy atom. The summed E-state index contributed by atoms with van der Waals surface area (Å²) in [5, 5.41) is 0. The smallest absolute Gasteiger partial charge is 0.0892 e. The summed E-state index contributed by atoms with van der Waals surface area (Å²) in [6, 6.07) is 40.5. The lowest BCUT2D eigenvalue weighted by Gasteiger charge is -2.29. The molecule has 48 heavy (non-hydrogen) atoms. The van der Waals surface area contributed by atoms with Gasteiger partial charge in [0.15, 0.2) is 0 Å². The molecule has 3 aromatic carbocycles. The zero-order chi connectivity index (χ0) is 31.9. The average molecular weight is 622 g/mol. The van der Waals surface area contributed by atoms with Gasteiger partial charge in [0, 0.05) is 46.3 Å². The largest absolute Gasteiger partial charge is 0.368 e. The van der Waals surface area contributed by atoms with E-state index >= 15 is 0 Å². The Morgan fingerprint density at radius 2 is 0.771 bits per heavy atom. The first-order valence-corrected chi connectivity index (χ1v) is 16.9. The van der Waals surface area contributed by atoms with Gasteiger partial charge < -0.3 is 14.9 Å². The van der Waals surface area contributed by atoms with Crippen molar-refractivity contribution in [1.29, 1.82) is 0 Å². The second-order valence-corrected chi connectivity index (χ2v) is 12.6. The Kier molecular flexibility index (Phi) is 7.08. The van der Waals surface area contributed by atoms with E-state index in [1.807, 2.05) is 0 Å². The van der Waals surface area contributed by atoms with E-state index in [0.717, 1.165) is 97.0 Å². The Bertz CT molecular complexity index is 2320. The number of aromatic nitrogens is 4. The lowest BCUT2D eigenvalue weighted by Crippen LogP contribution is -2.30. The molecule has 5 nitrogen and oxygen atoms in total. The van der Waals surface area contributed by atoms with Crippen LogP contribution in [0.3, 0.4) is 0 Å². The first kappa shape index (κ1) is 28.3. The van der Waals surface area contributed by atoms with Gasteiger partial charge in [-0.25, -0.2) is 9.97 Å². The first-order chi connectivity index (χ1) is 23.8. The van der Waals surface area contributed by atoms with Crippen LogP contribution in [-0.4, -0.2) is 33.0 Å². The van der Waals surface area contributed by atoms with Gasteiger partial charge >= 0.3 is 0 Å². The van der Waals surface area contributed by atoms with Crippen LogP contribution in [0, 0.1) is 0 Å². The fraction of sp³-hybridized carbons (Fsp3) is 0.116. The summed E-state index contributed by atoms with van der Waals surface area (Å²) in [7, 11) is 0. The molecular formula is C43H35N5. The average Bonchev–Trinajstić information content (AvgIpc) is 3.98. The van der Waals surface area contributed by atoms with Crippen LogP contribution in [0.25, 0.3) is 79.8 Å². The van der Waals surface area contributed by atoms with Crippen LogP contribution in [0.5, 0.6) is 0 Å². The van der Waals surface area contributed by atoms with Crippen LogP contribution in [0.2, 0.25) is 0 Å². The van der Waals surface area contributed by atoms with Crippen LogP contribution < -0.4 is 4.90 Å². The van der Waals surface area contributed by atoms with Crippen LogP contribution in [0.1, 0.15) is 42.0 Å². The van der Waals surface area contributed by atoms with Crippen molar-refractivity contribution in [2.24, 2.45) is 0 Å². The number of H-pyrrole nitrogens is 2. The molecule has 0 radical (unpaired) electrons. The summed E-state index contributed by atoms with van der Waals surface area (Å²) < 4.78 is 0. The summed E-state index contributed by atoms with van der Waals surface area (Å²) >= 11 is 0. The van der Waals surface area contributed by atoms with Gasteiger partial charge in [-0.2, -0.15) is 0 Å². The summed E-state index contributed by atoms with van der Waals surface area (Å²) in [6.45, 7) is 2.03. The molecule has 8 bridgehead atoms. The van der Waals surface area contributed by atoms with Gasteiger partial charge in [-0.15, -0.1) is 0 Å². The normalized spacial score (nSPS) is 14.0. The zero-order valence-corrected chi connectivity index (χ0v) is 26.7. The highest BCUT2D eigenvalue weighted by atomic mass is 15.1. The molecule has 0 unspecified atom stereocenters. The third-order valence-electron chi connectivity index (χ3n) is 9.59. The molecule has 6 heterocycles. The predicted octanol–water partition coefficient (Wildman–Crippen LogP) is 10.6. The number of aromatic amines is 2. The molecule has 9 rings (SSSR count). The zero-order valence-electron chi connectivity index (χ0n) is 26.7. The number of rotatable bonds is 4. The summed E-state index contributed by atoms with van der Waals surface area (Å²) in [6.07, 6.45) is 12.3. The SMILES string of the molecule is C1=Cc2nc1c(-c1ccccc1)c1ccc([nH]1)c(-c1ccccc1)c1nc(c(N3CCCCC3)c3ccc([nH]3)c2-c2ccccc2)C=C1. The van der Waals surface area contributed by atoms with E-state index in [1.54, 1.807) is 0 Å². The molecule has 1 fully saturated rings.